The third kappa shape index (κ3) is 7.04. The topological polar surface area (TPSA) is 35.5 Å². The van der Waals surface area contributed by atoms with Gasteiger partial charge >= 0.3 is 7.60 Å². The van der Waals surface area contributed by atoms with Gasteiger partial charge in [0.05, 0.1) is 19.4 Å². The Labute approximate surface area is 91.9 Å². The quantitative estimate of drug-likeness (QED) is 0.575. The van der Waals surface area contributed by atoms with Crippen LogP contribution in [0.4, 0.5) is 4.39 Å². The maximum Gasteiger partial charge on any atom is 0.333 e. The van der Waals surface area contributed by atoms with Crippen molar-refractivity contribution in [1.82, 2.24) is 0 Å². The van der Waals surface area contributed by atoms with Crippen LogP contribution in [0.15, 0.2) is 0 Å². The van der Waals surface area contributed by atoms with E-state index in [4.69, 9.17) is 9.05 Å². The third-order valence-electron chi connectivity index (χ3n) is 1.94. The molecule has 0 aromatic heterocycles. The van der Waals surface area contributed by atoms with E-state index < -0.39 is 13.8 Å². The van der Waals surface area contributed by atoms with Gasteiger partial charge in [-0.15, -0.1) is 0 Å². The zero-order chi connectivity index (χ0) is 11.7. The summed E-state index contributed by atoms with van der Waals surface area (Å²) in [7, 11) is -3.19. The van der Waals surface area contributed by atoms with Crippen LogP contribution >= 0.6 is 7.60 Å². The second kappa shape index (κ2) is 8.26. The van der Waals surface area contributed by atoms with Gasteiger partial charge in [-0.05, 0) is 20.3 Å². The minimum Gasteiger partial charge on any atom is -0.309 e. The van der Waals surface area contributed by atoms with Crippen molar-refractivity contribution in [3.05, 3.63) is 0 Å². The second-order valence-corrected chi connectivity index (χ2v) is 5.47. The van der Waals surface area contributed by atoms with Gasteiger partial charge in [-0.25, -0.2) is 4.39 Å². The maximum absolute atomic E-state index is 13.4. The molecule has 0 aromatic rings. The minimum atomic E-state index is -3.19. The van der Waals surface area contributed by atoms with Crippen LogP contribution < -0.4 is 0 Å². The van der Waals surface area contributed by atoms with Crippen molar-refractivity contribution in [2.45, 2.75) is 46.2 Å². The molecule has 0 fully saturated rings. The molecule has 0 rings (SSSR count). The molecular formula is C10H22FO3P. The van der Waals surface area contributed by atoms with E-state index in [0.717, 1.165) is 12.8 Å². The lowest BCUT2D eigenvalue weighted by Gasteiger charge is -2.18. The Balaban J connectivity index is 4.08. The predicted octanol–water partition coefficient (Wildman–Crippen LogP) is 3.78. The van der Waals surface area contributed by atoms with E-state index in [1.807, 2.05) is 6.92 Å². The number of alkyl halides is 1. The fraction of sp³-hybridized carbons (Fsp3) is 1.00. The molecule has 0 heterocycles. The normalized spacial score (nSPS) is 14.1. The summed E-state index contributed by atoms with van der Waals surface area (Å²) in [6.07, 6.45) is 0.969. The van der Waals surface area contributed by atoms with Crippen LogP contribution in [0.2, 0.25) is 0 Å². The van der Waals surface area contributed by atoms with Gasteiger partial charge in [-0.3, -0.25) is 4.57 Å². The van der Waals surface area contributed by atoms with Crippen molar-refractivity contribution in [3.8, 4) is 0 Å². The molecule has 1 unspecified atom stereocenters. The lowest BCUT2D eigenvalue weighted by atomic mass is 10.2. The van der Waals surface area contributed by atoms with Crippen molar-refractivity contribution in [2.75, 3.05) is 19.4 Å². The Kier molecular flexibility index (Phi) is 8.30. The molecule has 0 aromatic carbocycles. The Bertz CT molecular complexity index is 189. The molecule has 0 saturated heterocycles. The third-order valence-corrected chi connectivity index (χ3v) is 4.09. The molecule has 0 aliphatic carbocycles. The van der Waals surface area contributed by atoms with Crippen molar-refractivity contribution >= 4 is 7.60 Å². The van der Waals surface area contributed by atoms with Gasteiger partial charge in [0.15, 0.2) is 0 Å². The Morgan fingerprint density at radius 3 is 2.13 bits per heavy atom. The molecule has 0 amide bonds. The van der Waals surface area contributed by atoms with Gasteiger partial charge in [0.25, 0.3) is 0 Å². The van der Waals surface area contributed by atoms with Gasteiger partial charge in [-0.1, -0.05) is 19.8 Å². The zero-order valence-corrected chi connectivity index (χ0v) is 10.8. The van der Waals surface area contributed by atoms with E-state index in [-0.39, 0.29) is 19.4 Å². The van der Waals surface area contributed by atoms with Crippen LogP contribution in [0.25, 0.3) is 0 Å². The summed E-state index contributed by atoms with van der Waals surface area (Å²) in [6, 6.07) is 0. The lowest BCUT2D eigenvalue weighted by Crippen LogP contribution is -2.11. The molecule has 0 aliphatic heterocycles. The van der Waals surface area contributed by atoms with Crippen LogP contribution in [-0.4, -0.2) is 25.5 Å². The SMILES string of the molecule is CCCCC(F)CP(=O)(OCC)OCC. The second-order valence-electron chi connectivity index (χ2n) is 3.37. The van der Waals surface area contributed by atoms with Crippen LogP contribution in [0.3, 0.4) is 0 Å². The molecule has 3 nitrogen and oxygen atoms in total. The fourth-order valence-corrected chi connectivity index (χ4v) is 3.04. The molecule has 0 N–H and O–H groups in total. The molecule has 0 bridgehead atoms. The number of halogens is 1. The Morgan fingerprint density at radius 1 is 1.20 bits per heavy atom. The molecule has 1 atom stereocenters. The van der Waals surface area contributed by atoms with Crippen molar-refractivity contribution in [1.29, 1.82) is 0 Å². The highest BCUT2D eigenvalue weighted by Crippen LogP contribution is 2.49. The van der Waals surface area contributed by atoms with Crippen LogP contribution in [0.1, 0.15) is 40.0 Å². The fourth-order valence-electron chi connectivity index (χ4n) is 1.30. The van der Waals surface area contributed by atoms with Crippen molar-refractivity contribution < 1.29 is 18.0 Å². The van der Waals surface area contributed by atoms with Gasteiger partial charge in [0.2, 0.25) is 0 Å². The van der Waals surface area contributed by atoms with Crippen LogP contribution in [-0.2, 0) is 13.6 Å². The van der Waals surface area contributed by atoms with E-state index in [1.54, 1.807) is 13.8 Å². The first kappa shape index (κ1) is 15.1. The van der Waals surface area contributed by atoms with E-state index in [2.05, 4.69) is 0 Å². The van der Waals surface area contributed by atoms with Crippen LogP contribution in [0, 0.1) is 0 Å². The van der Waals surface area contributed by atoms with E-state index in [0.29, 0.717) is 6.42 Å². The predicted molar refractivity (Wildman–Crippen MR) is 60.1 cm³/mol. The first-order valence-electron chi connectivity index (χ1n) is 5.60. The van der Waals surface area contributed by atoms with E-state index in [1.165, 1.54) is 0 Å². The molecular weight excluding hydrogens is 218 g/mol. The summed E-state index contributed by atoms with van der Waals surface area (Å²) in [4.78, 5) is 0. The zero-order valence-electron chi connectivity index (χ0n) is 9.87. The first-order chi connectivity index (χ1) is 7.08. The van der Waals surface area contributed by atoms with Crippen LogP contribution in [0.5, 0.6) is 0 Å². The first-order valence-corrected chi connectivity index (χ1v) is 7.33. The number of unbranched alkanes of at least 4 members (excludes halogenated alkanes) is 1. The molecule has 0 saturated carbocycles. The smallest absolute Gasteiger partial charge is 0.309 e. The number of hydrogen-bond acceptors (Lipinski definition) is 3. The van der Waals surface area contributed by atoms with E-state index in [9.17, 15) is 8.96 Å². The van der Waals surface area contributed by atoms with Gasteiger partial charge < -0.3 is 9.05 Å². The Hall–Kier alpha value is 0.0800. The molecule has 92 valence electrons. The molecule has 15 heavy (non-hydrogen) atoms. The molecule has 0 spiro atoms. The van der Waals surface area contributed by atoms with Gasteiger partial charge in [0, 0.05) is 0 Å². The standard InChI is InChI=1S/C10H22FO3P/c1-4-7-8-10(11)9-15(12,13-5-2)14-6-3/h10H,4-9H2,1-3H3. The maximum atomic E-state index is 13.4. The highest BCUT2D eigenvalue weighted by atomic mass is 31.2. The summed E-state index contributed by atoms with van der Waals surface area (Å²) in [6.45, 7) is 6.03. The minimum absolute atomic E-state index is 0.116. The largest absolute Gasteiger partial charge is 0.333 e. The molecule has 5 heteroatoms. The number of rotatable bonds is 9. The number of hydrogen-bond donors (Lipinski definition) is 0. The highest BCUT2D eigenvalue weighted by molar-refractivity contribution is 7.53. The molecule has 0 radical (unpaired) electrons. The summed E-state index contributed by atoms with van der Waals surface area (Å²) < 4.78 is 35.3. The summed E-state index contributed by atoms with van der Waals surface area (Å²) in [5.74, 6) is 0. The average molecular weight is 240 g/mol. The molecule has 0 aliphatic rings. The average Bonchev–Trinajstić information content (AvgIpc) is 2.15. The van der Waals surface area contributed by atoms with E-state index >= 15 is 0 Å². The van der Waals surface area contributed by atoms with Crippen molar-refractivity contribution in [3.63, 3.8) is 0 Å². The van der Waals surface area contributed by atoms with Gasteiger partial charge in [-0.2, -0.15) is 0 Å². The summed E-state index contributed by atoms with van der Waals surface area (Å²) in [5, 5.41) is 0. The van der Waals surface area contributed by atoms with Crippen molar-refractivity contribution in [2.24, 2.45) is 0 Å². The monoisotopic (exact) mass is 240 g/mol. The van der Waals surface area contributed by atoms with Gasteiger partial charge in [0.1, 0.15) is 6.17 Å². The summed E-state index contributed by atoms with van der Waals surface area (Å²) >= 11 is 0. The highest BCUT2D eigenvalue weighted by Gasteiger charge is 2.28. The summed E-state index contributed by atoms with van der Waals surface area (Å²) in [5.41, 5.74) is 0. The lowest BCUT2D eigenvalue weighted by molar-refractivity contribution is 0.208. The Morgan fingerprint density at radius 2 is 1.73 bits per heavy atom.